The maximum atomic E-state index is 5.96. The highest BCUT2D eigenvalue weighted by atomic mass is 79.9. The average Bonchev–Trinajstić information content (AvgIpc) is 2.76. The van der Waals surface area contributed by atoms with Crippen LogP contribution in [0.1, 0.15) is 19.3 Å². The van der Waals surface area contributed by atoms with Crippen LogP contribution in [0.5, 0.6) is 6.01 Å². The molecule has 6 heteroatoms. The summed E-state index contributed by atoms with van der Waals surface area (Å²) in [5, 5.41) is 3.36. The molecule has 0 radical (unpaired) electrons. The molecule has 1 atom stereocenters. The number of ether oxygens (including phenoxy) is 2. The smallest absolute Gasteiger partial charge is 0.316 e. The van der Waals surface area contributed by atoms with Crippen molar-refractivity contribution in [1.82, 2.24) is 15.3 Å². The summed E-state index contributed by atoms with van der Waals surface area (Å²) in [5.74, 6) is 0. The molecular weight excluding hydrogens is 298 g/mol. The highest BCUT2D eigenvalue weighted by Gasteiger charge is 2.42. The molecule has 0 bridgehead atoms. The van der Waals surface area contributed by atoms with Crippen LogP contribution >= 0.6 is 15.9 Å². The fraction of sp³-hybridized carbons (Fsp3) is 0.667. The van der Waals surface area contributed by atoms with Crippen molar-refractivity contribution in [3.8, 4) is 6.01 Å². The van der Waals surface area contributed by atoms with Crippen molar-refractivity contribution >= 4 is 15.9 Å². The molecule has 0 aromatic carbocycles. The van der Waals surface area contributed by atoms with E-state index >= 15 is 0 Å². The number of aromatic nitrogens is 2. The van der Waals surface area contributed by atoms with E-state index in [1.807, 2.05) is 0 Å². The van der Waals surface area contributed by atoms with E-state index < -0.39 is 0 Å². The van der Waals surface area contributed by atoms with Gasteiger partial charge in [-0.15, -0.1) is 0 Å². The Balaban J connectivity index is 1.60. The Morgan fingerprint density at radius 1 is 1.33 bits per heavy atom. The maximum absolute atomic E-state index is 5.96. The molecule has 5 nitrogen and oxygen atoms in total. The van der Waals surface area contributed by atoms with Gasteiger partial charge < -0.3 is 14.8 Å². The summed E-state index contributed by atoms with van der Waals surface area (Å²) in [6, 6.07) is 0.429. The minimum Gasteiger partial charge on any atom is -0.458 e. The zero-order valence-electron chi connectivity index (χ0n) is 10.1. The predicted octanol–water partition coefficient (Wildman–Crippen LogP) is 1.53. The molecule has 18 heavy (non-hydrogen) atoms. The van der Waals surface area contributed by atoms with E-state index in [1.54, 1.807) is 12.4 Å². The van der Waals surface area contributed by atoms with Crippen molar-refractivity contribution in [3.63, 3.8) is 0 Å². The highest BCUT2D eigenvalue weighted by Crippen LogP contribution is 2.35. The van der Waals surface area contributed by atoms with Gasteiger partial charge in [-0.2, -0.15) is 0 Å². The summed E-state index contributed by atoms with van der Waals surface area (Å²) in [6.45, 7) is 2.70. The Hall–Kier alpha value is -0.720. The second kappa shape index (κ2) is 5.11. The molecule has 2 fully saturated rings. The van der Waals surface area contributed by atoms with Crippen molar-refractivity contribution in [1.29, 1.82) is 0 Å². The van der Waals surface area contributed by atoms with E-state index in [4.69, 9.17) is 9.47 Å². The molecular formula is C12H16BrN3O2. The van der Waals surface area contributed by atoms with Gasteiger partial charge in [-0.3, -0.25) is 0 Å². The second-order valence-electron chi connectivity index (χ2n) is 4.87. The Labute approximate surface area is 114 Å². The molecule has 0 amide bonds. The molecule has 2 aliphatic heterocycles. The van der Waals surface area contributed by atoms with Crippen molar-refractivity contribution in [2.24, 2.45) is 0 Å². The van der Waals surface area contributed by atoms with E-state index in [2.05, 4.69) is 31.2 Å². The Bertz CT molecular complexity index is 406. The Kier molecular flexibility index (Phi) is 3.50. The lowest BCUT2D eigenvalue weighted by molar-refractivity contribution is -0.0206. The number of rotatable bonds is 2. The minimum absolute atomic E-state index is 0.0191. The summed E-state index contributed by atoms with van der Waals surface area (Å²) in [5.41, 5.74) is 0.0191. The van der Waals surface area contributed by atoms with Gasteiger partial charge in [0, 0.05) is 18.8 Å². The molecule has 1 N–H and O–H groups in total. The third-order valence-electron chi connectivity index (χ3n) is 3.56. The number of nitrogens with one attached hydrogen (secondary N) is 1. The first-order valence-electron chi connectivity index (χ1n) is 6.25. The Morgan fingerprint density at radius 2 is 2.06 bits per heavy atom. The van der Waals surface area contributed by atoms with Crippen LogP contribution in [-0.4, -0.2) is 41.4 Å². The molecule has 0 saturated carbocycles. The topological polar surface area (TPSA) is 56.3 Å². The van der Waals surface area contributed by atoms with Crippen molar-refractivity contribution < 1.29 is 9.47 Å². The molecule has 0 aliphatic carbocycles. The first kappa shape index (κ1) is 12.3. The van der Waals surface area contributed by atoms with Crippen LogP contribution in [0.4, 0.5) is 0 Å². The molecule has 2 aliphatic rings. The first-order valence-corrected chi connectivity index (χ1v) is 7.04. The van der Waals surface area contributed by atoms with Crippen molar-refractivity contribution in [2.45, 2.75) is 31.0 Å². The van der Waals surface area contributed by atoms with Gasteiger partial charge in [0.2, 0.25) is 0 Å². The fourth-order valence-electron chi connectivity index (χ4n) is 2.62. The molecule has 98 valence electrons. The average molecular weight is 314 g/mol. The van der Waals surface area contributed by atoms with Gasteiger partial charge in [0.15, 0.2) is 0 Å². The predicted molar refractivity (Wildman–Crippen MR) is 69.6 cm³/mol. The van der Waals surface area contributed by atoms with Crippen LogP contribution in [0.3, 0.4) is 0 Å². The van der Waals surface area contributed by atoms with Gasteiger partial charge in [-0.25, -0.2) is 9.97 Å². The lowest BCUT2D eigenvalue weighted by atomic mass is 9.89. The largest absolute Gasteiger partial charge is 0.458 e. The molecule has 1 aromatic rings. The molecule has 3 heterocycles. The SMILES string of the molecule is Brc1cnc(OC2COC3(CCNCC3)C2)nc1. The number of halogens is 1. The van der Waals surface area contributed by atoms with Gasteiger partial charge in [-0.05, 0) is 41.9 Å². The van der Waals surface area contributed by atoms with E-state index in [-0.39, 0.29) is 11.7 Å². The third-order valence-corrected chi connectivity index (χ3v) is 3.97. The van der Waals surface area contributed by atoms with Gasteiger partial charge in [-0.1, -0.05) is 0 Å². The number of hydrogen-bond acceptors (Lipinski definition) is 5. The highest BCUT2D eigenvalue weighted by molar-refractivity contribution is 9.10. The zero-order valence-corrected chi connectivity index (χ0v) is 11.6. The first-order chi connectivity index (χ1) is 8.76. The minimum atomic E-state index is 0.0191. The summed E-state index contributed by atoms with van der Waals surface area (Å²) >= 11 is 3.30. The van der Waals surface area contributed by atoms with Crippen molar-refractivity contribution in [3.05, 3.63) is 16.9 Å². The van der Waals surface area contributed by atoms with Gasteiger partial charge in [0.05, 0.1) is 16.7 Å². The van der Waals surface area contributed by atoms with E-state index in [9.17, 15) is 0 Å². The second-order valence-corrected chi connectivity index (χ2v) is 5.79. The van der Waals surface area contributed by atoms with Gasteiger partial charge in [0.25, 0.3) is 0 Å². The van der Waals surface area contributed by atoms with Crippen molar-refractivity contribution in [2.75, 3.05) is 19.7 Å². The lowest BCUT2D eigenvalue weighted by Crippen LogP contribution is -2.41. The normalized spacial score (nSPS) is 26.4. The Morgan fingerprint density at radius 3 is 2.78 bits per heavy atom. The monoisotopic (exact) mass is 313 g/mol. The molecule has 1 unspecified atom stereocenters. The number of nitrogens with zero attached hydrogens (tertiary/aromatic N) is 2. The fourth-order valence-corrected chi connectivity index (χ4v) is 2.82. The van der Waals surface area contributed by atoms with Crippen LogP contribution in [0.25, 0.3) is 0 Å². The lowest BCUT2D eigenvalue weighted by Gasteiger charge is -2.32. The van der Waals surface area contributed by atoms with E-state index in [1.165, 1.54) is 0 Å². The zero-order chi connectivity index (χ0) is 12.4. The molecule has 1 spiro atoms. The maximum Gasteiger partial charge on any atom is 0.316 e. The van der Waals surface area contributed by atoms with E-state index in [0.717, 1.165) is 36.8 Å². The van der Waals surface area contributed by atoms with Crippen LogP contribution < -0.4 is 10.1 Å². The van der Waals surface area contributed by atoms with E-state index in [0.29, 0.717) is 12.6 Å². The summed E-state index contributed by atoms with van der Waals surface area (Å²) in [7, 11) is 0. The summed E-state index contributed by atoms with van der Waals surface area (Å²) in [4.78, 5) is 8.25. The summed E-state index contributed by atoms with van der Waals surface area (Å²) < 4.78 is 12.6. The van der Waals surface area contributed by atoms with Gasteiger partial charge in [0.1, 0.15) is 6.10 Å². The molecule has 2 saturated heterocycles. The van der Waals surface area contributed by atoms with Crippen LogP contribution in [0.2, 0.25) is 0 Å². The number of piperidine rings is 1. The molecule has 1 aromatic heterocycles. The molecule has 3 rings (SSSR count). The standard InChI is InChI=1S/C12H16BrN3O2/c13-9-6-15-11(16-7-9)18-10-5-12(17-8-10)1-3-14-4-2-12/h6-7,10,14H,1-5,8H2. The van der Waals surface area contributed by atoms with Crippen LogP contribution in [0, 0.1) is 0 Å². The number of hydrogen-bond donors (Lipinski definition) is 1. The third kappa shape index (κ3) is 2.65. The van der Waals surface area contributed by atoms with Crippen LogP contribution in [-0.2, 0) is 4.74 Å². The van der Waals surface area contributed by atoms with Gasteiger partial charge >= 0.3 is 6.01 Å². The quantitative estimate of drug-likeness (QED) is 0.897. The van der Waals surface area contributed by atoms with Crippen LogP contribution in [0.15, 0.2) is 16.9 Å². The summed E-state index contributed by atoms with van der Waals surface area (Å²) in [6.07, 6.45) is 6.52.